The van der Waals surface area contributed by atoms with Crippen LogP contribution in [0.25, 0.3) is 0 Å². The Morgan fingerprint density at radius 2 is 1.86 bits per heavy atom. The number of amides is 1. The first-order chi connectivity index (χ1) is 10.6. The van der Waals surface area contributed by atoms with Crippen LogP contribution < -0.4 is 5.32 Å². The summed E-state index contributed by atoms with van der Waals surface area (Å²) in [6.07, 6.45) is 0.391. The van der Waals surface area contributed by atoms with Gasteiger partial charge in [0.15, 0.2) is 0 Å². The number of benzene rings is 2. The predicted molar refractivity (Wildman–Crippen MR) is 92.6 cm³/mol. The molecule has 0 saturated heterocycles. The summed E-state index contributed by atoms with van der Waals surface area (Å²) in [6.45, 7) is 0. The van der Waals surface area contributed by atoms with Crippen LogP contribution in [0.3, 0.4) is 0 Å². The minimum Gasteiger partial charge on any atom is -0.467 e. The van der Waals surface area contributed by atoms with Gasteiger partial charge in [-0.25, -0.2) is 4.79 Å². The van der Waals surface area contributed by atoms with Crippen molar-refractivity contribution in [3.05, 3.63) is 69.3 Å². The van der Waals surface area contributed by atoms with E-state index in [1.807, 2.05) is 30.3 Å². The number of nitrogens with one attached hydrogen (secondary N) is 1. The molecule has 4 nitrogen and oxygen atoms in total. The Morgan fingerprint density at radius 1 is 1.14 bits per heavy atom. The molecule has 0 aliphatic carbocycles. The average Bonchev–Trinajstić information content (AvgIpc) is 2.54. The van der Waals surface area contributed by atoms with Gasteiger partial charge in [0.2, 0.25) is 0 Å². The van der Waals surface area contributed by atoms with Crippen molar-refractivity contribution in [3.63, 3.8) is 0 Å². The highest BCUT2D eigenvalue weighted by Crippen LogP contribution is 2.11. The maximum Gasteiger partial charge on any atom is 0.328 e. The van der Waals surface area contributed by atoms with Crippen LogP contribution in [-0.2, 0) is 16.0 Å². The van der Waals surface area contributed by atoms with Crippen molar-refractivity contribution in [2.45, 2.75) is 12.5 Å². The molecule has 2 aromatic rings. The monoisotopic (exact) mass is 409 g/mol. The van der Waals surface area contributed by atoms with Gasteiger partial charge in [-0.05, 0) is 52.4 Å². The fourth-order valence-corrected chi connectivity index (χ4v) is 2.67. The molecule has 0 aliphatic rings. The third-order valence-corrected chi connectivity index (χ3v) is 3.83. The number of esters is 1. The van der Waals surface area contributed by atoms with Crippen molar-refractivity contribution in [1.29, 1.82) is 0 Å². The molecule has 5 heteroatoms. The Hall–Kier alpha value is -1.89. The topological polar surface area (TPSA) is 55.4 Å². The predicted octanol–water partition coefficient (Wildman–Crippen LogP) is 2.81. The van der Waals surface area contributed by atoms with E-state index in [2.05, 4.69) is 27.9 Å². The van der Waals surface area contributed by atoms with E-state index in [1.54, 1.807) is 24.3 Å². The van der Waals surface area contributed by atoms with E-state index in [0.29, 0.717) is 12.0 Å². The molecule has 0 saturated carbocycles. The summed E-state index contributed by atoms with van der Waals surface area (Å²) in [6, 6.07) is 15.9. The number of carbonyl (C=O) groups is 2. The van der Waals surface area contributed by atoms with Gasteiger partial charge >= 0.3 is 5.97 Å². The second-order valence-electron chi connectivity index (χ2n) is 4.75. The van der Waals surface area contributed by atoms with Crippen LogP contribution in [0.4, 0.5) is 0 Å². The molecule has 22 heavy (non-hydrogen) atoms. The van der Waals surface area contributed by atoms with Crippen molar-refractivity contribution in [3.8, 4) is 0 Å². The lowest BCUT2D eigenvalue weighted by molar-refractivity contribution is -0.142. The smallest absolute Gasteiger partial charge is 0.328 e. The van der Waals surface area contributed by atoms with Crippen molar-refractivity contribution in [2.75, 3.05) is 7.11 Å². The fraction of sp³-hybridized carbons (Fsp3) is 0.176. The van der Waals surface area contributed by atoms with E-state index in [-0.39, 0.29) is 5.91 Å². The van der Waals surface area contributed by atoms with Crippen molar-refractivity contribution >= 4 is 34.5 Å². The van der Waals surface area contributed by atoms with Crippen molar-refractivity contribution in [2.24, 2.45) is 0 Å². The largest absolute Gasteiger partial charge is 0.467 e. The first kappa shape index (κ1) is 16.5. The van der Waals surface area contributed by atoms with Gasteiger partial charge in [-0.2, -0.15) is 0 Å². The highest BCUT2D eigenvalue weighted by atomic mass is 127. The summed E-state index contributed by atoms with van der Waals surface area (Å²) in [7, 11) is 1.32. The lowest BCUT2D eigenvalue weighted by Gasteiger charge is -2.17. The number of ether oxygens (including phenoxy) is 1. The lowest BCUT2D eigenvalue weighted by atomic mass is 10.1. The van der Waals surface area contributed by atoms with Gasteiger partial charge in [-0.1, -0.05) is 30.3 Å². The standard InChI is InChI=1S/C17H16INO3/c1-22-17(21)15(11-12-6-5-9-14(18)10-12)19-16(20)13-7-3-2-4-8-13/h2-10,15H,11H2,1H3,(H,19,20)/t15-/m1/s1. The molecule has 2 rings (SSSR count). The van der Waals surface area contributed by atoms with Gasteiger partial charge < -0.3 is 10.1 Å². The molecule has 0 spiro atoms. The van der Waals surface area contributed by atoms with Crippen LogP contribution in [0.2, 0.25) is 0 Å². The van der Waals surface area contributed by atoms with Crippen molar-refractivity contribution < 1.29 is 14.3 Å². The number of carbonyl (C=O) groups excluding carboxylic acids is 2. The van der Waals surface area contributed by atoms with E-state index in [4.69, 9.17) is 4.74 Å². The molecule has 2 aromatic carbocycles. The Labute approximate surface area is 143 Å². The number of rotatable bonds is 5. The van der Waals surface area contributed by atoms with E-state index >= 15 is 0 Å². The van der Waals surface area contributed by atoms with Gasteiger partial charge in [-0.3, -0.25) is 4.79 Å². The van der Waals surface area contributed by atoms with Crippen LogP contribution in [0.15, 0.2) is 54.6 Å². The zero-order chi connectivity index (χ0) is 15.9. The quantitative estimate of drug-likeness (QED) is 0.611. The normalized spacial score (nSPS) is 11.5. The minimum atomic E-state index is -0.712. The molecule has 0 aliphatic heterocycles. The molecule has 1 atom stereocenters. The average molecular weight is 409 g/mol. The maximum absolute atomic E-state index is 12.2. The van der Waals surface area contributed by atoms with Crippen LogP contribution in [0.5, 0.6) is 0 Å². The summed E-state index contributed by atoms with van der Waals surface area (Å²) in [5, 5.41) is 2.74. The first-order valence-corrected chi connectivity index (χ1v) is 7.86. The maximum atomic E-state index is 12.2. The van der Waals surface area contributed by atoms with E-state index in [1.165, 1.54) is 7.11 Å². The highest BCUT2D eigenvalue weighted by Gasteiger charge is 2.22. The van der Waals surface area contributed by atoms with E-state index in [9.17, 15) is 9.59 Å². The number of hydrogen-bond acceptors (Lipinski definition) is 3. The molecule has 0 radical (unpaired) electrons. The SMILES string of the molecule is COC(=O)[C@@H](Cc1cccc(I)c1)NC(=O)c1ccccc1. The van der Waals surface area contributed by atoms with Crippen LogP contribution in [0.1, 0.15) is 15.9 Å². The van der Waals surface area contributed by atoms with Gasteiger partial charge in [0, 0.05) is 15.6 Å². The van der Waals surface area contributed by atoms with E-state index in [0.717, 1.165) is 9.13 Å². The second-order valence-corrected chi connectivity index (χ2v) is 5.99. The van der Waals surface area contributed by atoms with Gasteiger partial charge in [-0.15, -0.1) is 0 Å². The molecule has 0 bridgehead atoms. The fourth-order valence-electron chi connectivity index (χ4n) is 2.07. The second kappa shape index (κ2) is 7.93. The minimum absolute atomic E-state index is 0.290. The molecule has 0 heterocycles. The summed E-state index contributed by atoms with van der Waals surface area (Å²) < 4.78 is 5.87. The number of methoxy groups -OCH3 is 1. The third kappa shape index (κ3) is 4.56. The van der Waals surface area contributed by atoms with Crippen LogP contribution >= 0.6 is 22.6 Å². The molecule has 0 aromatic heterocycles. The summed E-state index contributed by atoms with van der Waals surface area (Å²) in [4.78, 5) is 24.1. The van der Waals surface area contributed by atoms with E-state index < -0.39 is 12.0 Å². The van der Waals surface area contributed by atoms with Gasteiger partial charge in [0.05, 0.1) is 7.11 Å². The van der Waals surface area contributed by atoms with Crippen molar-refractivity contribution in [1.82, 2.24) is 5.32 Å². The summed E-state index contributed by atoms with van der Waals surface area (Å²) >= 11 is 2.21. The molecule has 0 fully saturated rings. The molecule has 1 amide bonds. The molecule has 1 N–H and O–H groups in total. The molecular formula is C17H16INO3. The lowest BCUT2D eigenvalue weighted by Crippen LogP contribution is -2.43. The Kier molecular flexibility index (Phi) is 5.94. The molecule has 114 valence electrons. The summed E-state index contributed by atoms with van der Waals surface area (Å²) in [5.41, 5.74) is 1.48. The first-order valence-electron chi connectivity index (χ1n) is 6.78. The molecule has 0 unspecified atom stereocenters. The zero-order valence-electron chi connectivity index (χ0n) is 12.1. The van der Waals surface area contributed by atoms with Gasteiger partial charge in [0.25, 0.3) is 5.91 Å². The van der Waals surface area contributed by atoms with Crippen LogP contribution in [0, 0.1) is 3.57 Å². The Bertz CT molecular complexity index is 658. The van der Waals surface area contributed by atoms with Crippen LogP contribution in [-0.4, -0.2) is 25.0 Å². The third-order valence-electron chi connectivity index (χ3n) is 3.16. The highest BCUT2D eigenvalue weighted by molar-refractivity contribution is 14.1. The Morgan fingerprint density at radius 3 is 2.50 bits per heavy atom. The zero-order valence-corrected chi connectivity index (χ0v) is 14.2. The Balaban J connectivity index is 2.13. The number of hydrogen-bond donors (Lipinski definition) is 1. The van der Waals surface area contributed by atoms with Gasteiger partial charge in [0.1, 0.15) is 6.04 Å². The number of halogens is 1. The molecular weight excluding hydrogens is 393 g/mol. The summed E-state index contributed by atoms with van der Waals surface area (Å²) in [5.74, 6) is -0.746.